The molecule has 0 saturated heterocycles. The first-order chi connectivity index (χ1) is 5.50. The summed E-state index contributed by atoms with van der Waals surface area (Å²) in [6.07, 6.45) is -8.40. The average molecular weight is 368 g/mol. The van der Waals surface area contributed by atoms with Crippen molar-refractivity contribution in [1.29, 1.82) is 0 Å². The number of carbonyl (C=O) groups is 1. The van der Waals surface area contributed by atoms with Crippen molar-refractivity contribution < 1.29 is 44.7 Å². The van der Waals surface area contributed by atoms with E-state index in [0.29, 0.717) is 0 Å². The van der Waals surface area contributed by atoms with Crippen molar-refractivity contribution in [3.8, 4) is 0 Å². The molecule has 0 aromatic carbocycles. The van der Waals surface area contributed by atoms with Crippen LogP contribution in [0.5, 0.6) is 0 Å². The van der Waals surface area contributed by atoms with Crippen molar-refractivity contribution in [2.45, 2.75) is 18.8 Å². The first-order valence-corrected chi connectivity index (χ1v) is 3.25. The maximum absolute atomic E-state index is 12.4. The fraction of sp³-hybridized carbons (Fsp3) is 0.833. The molecule has 0 aromatic rings. The van der Waals surface area contributed by atoms with Crippen LogP contribution in [0.2, 0.25) is 0 Å². The molecule has 0 saturated carbocycles. The minimum absolute atomic E-state index is 0. The molecule has 0 aliphatic heterocycles. The molecule has 0 rings (SSSR count). The Kier molecular flexibility index (Phi) is 8.96. The molecule has 7 heteroatoms. The molecule has 1 radical (unpaired) electrons. The van der Waals surface area contributed by atoms with Crippen LogP contribution in [0.15, 0.2) is 0 Å². The van der Waals surface area contributed by atoms with Crippen LogP contribution in [-0.4, -0.2) is 38.1 Å². The van der Waals surface area contributed by atoms with E-state index >= 15 is 0 Å². The van der Waals surface area contributed by atoms with Gasteiger partial charge in [0.05, 0.1) is 0 Å². The number of hydrogen-bond acceptors (Lipinski definition) is 2. The molecular weight excluding hydrogens is 359 g/mol. The van der Waals surface area contributed by atoms with Gasteiger partial charge in [0.25, 0.3) is 6.43 Å². The predicted molar refractivity (Wildman–Crippen MR) is 34.7 cm³/mol. The van der Waals surface area contributed by atoms with E-state index in [-0.39, 0.29) is 22.4 Å². The number of ketones is 1. The van der Waals surface area contributed by atoms with Gasteiger partial charge < -0.3 is 5.32 Å². The van der Waals surface area contributed by atoms with Crippen LogP contribution in [0.3, 0.4) is 0 Å². The summed E-state index contributed by atoms with van der Waals surface area (Å²) in [5.74, 6) is -2.00. The van der Waals surface area contributed by atoms with Crippen molar-refractivity contribution in [2.24, 2.45) is 0 Å². The maximum Gasteiger partial charge on any atom is 0.299 e. The van der Waals surface area contributed by atoms with E-state index in [0.717, 1.165) is 0 Å². The van der Waals surface area contributed by atoms with E-state index < -0.39 is 31.1 Å². The molecule has 1 N–H and O–H groups in total. The Labute approximate surface area is 88.6 Å². The standard InChI is InChI=1S/C6H9F4NO.Ta/c1-11-2-3(7)4(8)5(12)6(9)10;/h3-4,6,11H,2H2,1H3;. The molecule has 77 valence electrons. The van der Waals surface area contributed by atoms with Crippen molar-refractivity contribution in [1.82, 2.24) is 5.32 Å². The number of Topliss-reactive ketones (excluding diaryl/α,β-unsaturated/α-hetero) is 1. The molecule has 0 aliphatic carbocycles. The van der Waals surface area contributed by atoms with E-state index in [1.54, 1.807) is 0 Å². The summed E-state index contributed by atoms with van der Waals surface area (Å²) in [6.45, 7) is -0.459. The van der Waals surface area contributed by atoms with Crippen molar-refractivity contribution in [2.75, 3.05) is 13.6 Å². The van der Waals surface area contributed by atoms with Crippen LogP contribution < -0.4 is 5.32 Å². The van der Waals surface area contributed by atoms with Gasteiger partial charge in [-0.1, -0.05) is 0 Å². The van der Waals surface area contributed by atoms with Crippen molar-refractivity contribution in [3.63, 3.8) is 0 Å². The van der Waals surface area contributed by atoms with E-state index in [4.69, 9.17) is 0 Å². The smallest absolute Gasteiger partial charge is 0.299 e. The third kappa shape index (κ3) is 5.41. The Hall–Kier alpha value is 0.0903. The average Bonchev–Trinajstić information content (AvgIpc) is 2.02. The topological polar surface area (TPSA) is 29.1 Å². The van der Waals surface area contributed by atoms with Gasteiger partial charge in [-0.25, -0.2) is 17.6 Å². The van der Waals surface area contributed by atoms with Crippen LogP contribution in [0.1, 0.15) is 0 Å². The summed E-state index contributed by atoms with van der Waals surface area (Å²) in [4.78, 5) is 10.2. The molecule has 0 bridgehead atoms. The summed E-state index contributed by atoms with van der Waals surface area (Å²) in [5.41, 5.74) is 0. The fourth-order valence-corrected chi connectivity index (χ4v) is 0.597. The minimum Gasteiger partial charge on any atom is -0.317 e. The zero-order valence-corrected chi connectivity index (χ0v) is 10.0. The Morgan fingerprint density at radius 2 is 1.77 bits per heavy atom. The number of halogens is 4. The van der Waals surface area contributed by atoms with Gasteiger partial charge >= 0.3 is 0 Å². The van der Waals surface area contributed by atoms with Gasteiger partial charge in [-0.05, 0) is 7.05 Å². The van der Waals surface area contributed by atoms with E-state index in [2.05, 4.69) is 5.32 Å². The molecule has 0 heterocycles. The SMILES string of the molecule is CNCC(F)C(F)C(=O)C(F)F.[Ta]. The molecule has 2 nitrogen and oxygen atoms in total. The largest absolute Gasteiger partial charge is 0.317 e. The zero-order chi connectivity index (χ0) is 9.72. The minimum atomic E-state index is -3.45. The summed E-state index contributed by atoms with van der Waals surface area (Å²) in [5, 5.41) is 2.23. The van der Waals surface area contributed by atoms with Crippen LogP contribution in [-0.2, 0) is 27.2 Å². The first-order valence-electron chi connectivity index (χ1n) is 3.25. The number of hydrogen-bond donors (Lipinski definition) is 1. The van der Waals surface area contributed by atoms with Crippen LogP contribution in [0.4, 0.5) is 17.6 Å². The van der Waals surface area contributed by atoms with Crippen molar-refractivity contribution in [3.05, 3.63) is 0 Å². The monoisotopic (exact) mass is 368 g/mol. The van der Waals surface area contributed by atoms with Gasteiger partial charge in [-0.15, -0.1) is 0 Å². The van der Waals surface area contributed by atoms with Gasteiger partial charge in [0.1, 0.15) is 0 Å². The molecule has 0 fully saturated rings. The van der Waals surface area contributed by atoms with Crippen LogP contribution in [0.25, 0.3) is 0 Å². The van der Waals surface area contributed by atoms with Gasteiger partial charge in [0.15, 0.2) is 12.3 Å². The number of carbonyl (C=O) groups excluding carboxylic acids is 1. The number of alkyl halides is 4. The van der Waals surface area contributed by atoms with Gasteiger partial charge in [0, 0.05) is 28.9 Å². The second-order valence-corrected chi connectivity index (χ2v) is 2.18. The van der Waals surface area contributed by atoms with E-state index in [1.807, 2.05) is 0 Å². The van der Waals surface area contributed by atoms with Crippen molar-refractivity contribution >= 4 is 5.78 Å². The third-order valence-corrected chi connectivity index (χ3v) is 1.20. The molecule has 13 heavy (non-hydrogen) atoms. The molecule has 2 unspecified atom stereocenters. The van der Waals surface area contributed by atoms with Gasteiger partial charge in [0.2, 0.25) is 5.78 Å². The Morgan fingerprint density at radius 3 is 2.08 bits per heavy atom. The Balaban J connectivity index is 0. The number of rotatable bonds is 5. The number of nitrogens with one attached hydrogen (secondary N) is 1. The third-order valence-electron chi connectivity index (χ3n) is 1.20. The molecule has 0 amide bonds. The van der Waals surface area contributed by atoms with E-state index in [9.17, 15) is 22.4 Å². The quantitative estimate of drug-likeness (QED) is 0.725. The molecule has 0 spiro atoms. The van der Waals surface area contributed by atoms with Gasteiger partial charge in [-0.3, -0.25) is 4.79 Å². The summed E-state index contributed by atoms with van der Waals surface area (Å²) < 4.78 is 47.8. The molecule has 2 atom stereocenters. The Morgan fingerprint density at radius 1 is 1.31 bits per heavy atom. The first kappa shape index (κ1) is 15.6. The maximum atomic E-state index is 12.4. The second kappa shape index (κ2) is 7.49. The van der Waals surface area contributed by atoms with Crippen LogP contribution >= 0.6 is 0 Å². The second-order valence-electron chi connectivity index (χ2n) is 2.18. The summed E-state index contributed by atoms with van der Waals surface area (Å²) in [6, 6.07) is 0. The summed E-state index contributed by atoms with van der Waals surface area (Å²) in [7, 11) is 1.33. The zero-order valence-electron chi connectivity index (χ0n) is 6.81. The molecule has 0 aromatic heterocycles. The van der Waals surface area contributed by atoms with E-state index in [1.165, 1.54) is 7.05 Å². The summed E-state index contributed by atoms with van der Waals surface area (Å²) >= 11 is 0. The Bertz CT molecular complexity index is 158. The molecular formula is C6H9F4NOTa. The molecule has 0 aliphatic rings. The predicted octanol–water partition coefficient (Wildman–Crippen LogP) is 0.714. The van der Waals surface area contributed by atoms with Crippen LogP contribution in [0, 0.1) is 0 Å². The van der Waals surface area contributed by atoms with Gasteiger partial charge in [-0.2, -0.15) is 0 Å². The fourth-order valence-electron chi connectivity index (χ4n) is 0.597. The normalized spacial score (nSPS) is 14.9.